The van der Waals surface area contributed by atoms with Crippen molar-refractivity contribution < 1.29 is 0 Å². The number of nitrogens with one attached hydrogen (secondary N) is 1. The van der Waals surface area contributed by atoms with Crippen molar-refractivity contribution in [2.75, 3.05) is 0 Å². The van der Waals surface area contributed by atoms with Crippen LogP contribution in [-0.2, 0) is 0 Å². The fourth-order valence-electron chi connectivity index (χ4n) is 6.48. The van der Waals surface area contributed by atoms with Crippen LogP contribution in [-0.4, -0.2) is 17.8 Å². The second kappa shape index (κ2) is 6.95. The molecule has 2 aromatic carbocycles. The van der Waals surface area contributed by atoms with E-state index in [0.717, 1.165) is 12.3 Å². The molecule has 31 heavy (non-hydrogen) atoms. The van der Waals surface area contributed by atoms with Gasteiger partial charge in [-0.05, 0) is 71.2 Å². The third kappa shape index (κ3) is 2.87. The van der Waals surface area contributed by atoms with E-state index in [9.17, 15) is 0 Å². The Bertz CT molecular complexity index is 1100. The van der Waals surface area contributed by atoms with Crippen molar-refractivity contribution in [1.82, 2.24) is 5.32 Å². The van der Waals surface area contributed by atoms with Gasteiger partial charge in [0.05, 0.1) is 6.04 Å². The van der Waals surface area contributed by atoms with Gasteiger partial charge in [-0.2, -0.15) is 0 Å². The quantitative estimate of drug-likeness (QED) is 0.601. The van der Waals surface area contributed by atoms with Crippen molar-refractivity contribution in [1.29, 1.82) is 0 Å². The lowest BCUT2D eigenvalue weighted by molar-refractivity contribution is 0.399. The van der Waals surface area contributed by atoms with Crippen molar-refractivity contribution in [3.8, 4) is 11.1 Å². The molecule has 1 fully saturated rings. The minimum absolute atomic E-state index is 0.290. The minimum atomic E-state index is 0.290. The van der Waals surface area contributed by atoms with E-state index in [2.05, 4.69) is 93.0 Å². The van der Waals surface area contributed by atoms with Gasteiger partial charge in [0, 0.05) is 23.1 Å². The summed E-state index contributed by atoms with van der Waals surface area (Å²) in [5, 5.41) is 3.88. The van der Waals surface area contributed by atoms with Crippen molar-refractivity contribution in [2.24, 2.45) is 22.7 Å². The van der Waals surface area contributed by atoms with Gasteiger partial charge < -0.3 is 5.32 Å². The lowest BCUT2D eigenvalue weighted by atomic mass is 9.80. The van der Waals surface area contributed by atoms with E-state index in [-0.39, 0.29) is 0 Å². The summed E-state index contributed by atoms with van der Waals surface area (Å²) in [5.74, 6) is 2.63. The van der Waals surface area contributed by atoms with E-state index in [1.165, 1.54) is 46.4 Å². The van der Waals surface area contributed by atoms with Crippen LogP contribution in [0, 0.1) is 17.8 Å². The maximum absolute atomic E-state index is 4.78. The van der Waals surface area contributed by atoms with Crippen molar-refractivity contribution in [2.45, 2.75) is 57.5 Å². The highest BCUT2D eigenvalue weighted by Crippen LogP contribution is 2.60. The molecule has 0 radical (unpaired) electrons. The third-order valence-electron chi connectivity index (χ3n) is 8.41. The van der Waals surface area contributed by atoms with Crippen LogP contribution in [0.15, 0.2) is 59.6 Å². The maximum Gasteiger partial charge on any atom is 0.0747 e. The molecule has 5 atom stereocenters. The fourth-order valence-corrected chi connectivity index (χ4v) is 6.48. The van der Waals surface area contributed by atoms with Gasteiger partial charge in [-0.1, -0.05) is 75.4 Å². The molecule has 6 rings (SSSR count). The Morgan fingerprint density at radius 2 is 1.81 bits per heavy atom. The van der Waals surface area contributed by atoms with Crippen LogP contribution in [0.4, 0.5) is 0 Å². The van der Waals surface area contributed by atoms with Gasteiger partial charge in [0.15, 0.2) is 0 Å². The Balaban J connectivity index is 1.25. The SMILES string of the molecule is CC(C)C12NC(c3ccc(-c4ccc5c(c4)C=CC4N=CCCCC54)cc3)=C[C@H]1C2C. The molecule has 1 N–H and O–H groups in total. The Hall–Kier alpha value is -2.61. The Morgan fingerprint density at radius 1 is 1.03 bits per heavy atom. The van der Waals surface area contributed by atoms with Crippen LogP contribution < -0.4 is 5.32 Å². The average molecular weight is 409 g/mol. The summed E-state index contributed by atoms with van der Waals surface area (Å²) in [7, 11) is 0. The third-order valence-corrected chi connectivity index (χ3v) is 8.41. The summed E-state index contributed by atoms with van der Waals surface area (Å²) in [6, 6.07) is 16.5. The molecule has 2 aliphatic heterocycles. The zero-order valence-corrected chi connectivity index (χ0v) is 18.8. The zero-order chi connectivity index (χ0) is 21.2. The van der Waals surface area contributed by atoms with Gasteiger partial charge in [0.2, 0.25) is 0 Å². The molecule has 2 aromatic rings. The largest absolute Gasteiger partial charge is 0.378 e. The lowest BCUT2D eigenvalue weighted by Crippen LogP contribution is -2.35. The number of benzene rings is 2. The summed E-state index contributed by atoms with van der Waals surface area (Å²) in [6.45, 7) is 7.07. The van der Waals surface area contributed by atoms with Gasteiger partial charge in [0.25, 0.3) is 0 Å². The van der Waals surface area contributed by atoms with E-state index in [1.807, 2.05) is 0 Å². The van der Waals surface area contributed by atoms with E-state index >= 15 is 0 Å². The molecule has 0 saturated heterocycles. The Kier molecular flexibility index (Phi) is 4.28. The number of hydrogen-bond acceptors (Lipinski definition) is 2. The molecule has 1 saturated carbocycles. The number of hydrogen-bond donors (Lipinski definition) is 1. The topological polar surface area (TPSA) is 24.4 Å². The van der Waals surface area contributed by atoms with E-state index in [4.69, 9.17) is 4.99 Å². The summed E-state index contributed by atoms with van der Waals surface area (Å²) < 4.78 is 0. The number of fused-ring (bicyclic) bond motifs is 4. The molecule has 4 unspecified atom stereocenters. The summed E-state index contributed by atoms with van der Waals surface area (Å²) in [4.78, 5) is 4.78. The molecule has 2 heterocycles. The highest BCUT2D eigenvalue weighted by Gasteiger charge is 2.65. The molecule has 158 valence electrons. The molecule has 2 aliphatic carbocycles. The fraction of sp³-hybridized carbons (Fsp3) is 0.414. The van der Waals surface area contributed by atoms with Gasteiger partial charge in [0.1, 0.15) is 0 Å². The van der Waals surface area contributed by atoms with Crippen LogP contribution in [0.1, 0.15) is 62.6 Å². The second-order valence-electron chi connectivity index (χ2n) is 10.2. The molecule has 2 nitrogen and oxygen atoms in total. The van der Waals surface area contributed by atoms with E-state index < -0.39 is 0 Å². The molecule has 2 heteroatoms. The summed E-state index contributed by atoms with van der Waals surface area (Å²) in [6.07, 6.45) is 12.8. The van der Waals surface area contributed by atoms with Gasteiger partial charge in [-0.15, -0.1) is 0 Å². The molecule has 0 amide bonds. The molecule has 4 aliphatic rings. The van der Waals surface area contributed by atoms with Gasteiger partial charge in [-0.3, -0.25) is 4.99 Å². The summed E-state index contributed by atoms with van der Waals surface area (Å²) >= 11 is 0. The first kappa shape index (κ1) is 19.1. The molecule has 0 aromatic heterocycles. The first-order valence-electron chi connectivity index (χ1n) is 12.0. The lowest BCUT2D eigenvalue weighted by Gasteiger charge is -2.26. The molecular weight excluding hydrogens is 376 g/mol. The van der Waals surface area contributed by atoms with Crippen molar-refractivity contribution in [3.05, 3.63) is 71.3 Å². The normalized spacial score (nSPS) is 32.6. The van der Waals surface area contributed by atoms with Crippen molar-refractivity contribution >= 4 is 18.0 Å². The highest BCUT2D eigenvalue weighted by atomic mass is 15.1. The van der Waals surface area contributed by atoms with Crippen LogP contribution in [0.25, 0.3) is 22.9 Å². The van der Waals surface area contributed by atoms with Crippen LogP contribution >= 0.6 is 0 Å². The van der Waals surface area contributed by atoms with Gasteiger partial charge >= 0.3 is 0 Å². The predicted octanol–water partition coefficient (Wildman–Crippen LogP) is 6.69. The first-order valence-corrected chi connectivity index (χ1v) is 12.0. The van der Waals surface area contributed by atoms with Crippen molar-refractivity contribution in [3.63, 3.8) is 0 Å². The highest BCUT2D eigenvalue weighted by molar-refractivity contribution is 5.75. The summed E-state index contributed by atoms with van der Waals surface area (Å²) in [5.41, 5.74) is 8.34. The number of rotatable bonds is 3. The van der Waals surface area contributed by atoms with Crippen LogP contribution in [0.5, 0.6) is 0 Å². The van der Waals surface area contributed by atoms with E-state index in [0.29, 0.717) is 29.3 Å². The first-order chi connectivity index (χ1) is 15.1. The van der Waals surface area contributed by atoms with Gasteiger partial charge in [-0.25, -0.2) is 0 Å². The molecule has 0 spiro atoms. The number of aliphatic imine (C=N–C) groups is 1. The average Bonchev–Trinajstić information content (AvgIpc) is 3.25. The maximum atomic E-state index is 4.78. The molecule has 0 bridgehead atoms. The number of nitrogens with zero attached hydrogens (tertiary/aromatic N) is 1. The zero-order valence-electron chi connectivity index (χ0n) is 18.8. The second-order valence-corrected chi connectivity index (χ2v) is 10.2. The molecular formula is C29H32N2. The van der Waals surface area contributed by atoms with E-state index in [1.54, 1.807) is 0 Å². The Labute approximate surface area is 186 Å². The van der Waals surface area contributed by atoms with Crippen LogP contribution in [0.3, 0.4) is 0 Å². The predicted molar refractivity (Wildman–Crippen MR) is 131 cm³/mol. The Morgan fingerprint density at radius 3 is 2.58 bits per heavy atom. The minimum Gasteiger partial charge on any atom is -0.378 e. The standard InChI is InChI=1S/C29H32N2/c1-18(2)29-19(3)26(29)17-28(31-29)21-9-7-20(8-10-21)22-11-13-24-23(16-22)12-14-27-25(24)6-4-5-15-30-27/h7-19,25-27,31H,4-6H2,1-3H3/t19?,25?,26-,27?,29?/m0/s1. The smallest absolute Gasteiger partial charge is 0.0747 e. The monoisotopic (exact) mass is 408 g/mol. The van der Waals surface area contributed by atoms with Crippen LogP contribution in [0.2, 0.25) is 0 Å².